The van der Waals surface area contributed by atoms with Crippen LogP contribution in [0.25, 0.3) is 15.8 Å². The Morgan fingerprint density at radius 3 is 2.68 bits per heavy atom. The van der Waals surface area contributed by atoms with E-state index in [1.54, 1.807) is 10.7 Å². The minimum atomic E-state index is -0.225. The topological polar surface area (TPSA) is 72.7 Å². The van der Waals surface area contributed by atoms with Gasteiger partial charge in [0.05, 0.1) is 23.3 Å². The highest BCUT2D eigenvalue weighted by molar-refractivity contribution is 7.21. The van der Waals surface area contributed by atoms with Crippen molar-refractivity contribution in [1.82, 2.24) is 20.0 Å². The second kappa shape index (κ2) is 6.45. The van der Waals surface area contributed by atoms with E-state index in [4.69, 9.17) is 0 Å². The Morgan fingerprint density at radius 1 is 1.08 bits per heavy atom. The summed E-state index contributed by atoms with van der Waals surface area (Å²) < 4.78 is 2.63. The maximum absolute atomic E-state index is 12.1. The van der Waals surface area contributed by atoms with Crippen molar-refractivity contribution < 1.29 is 0 Å². The predicted octanol–water partition coefficient (Wildman–Crippen LogP) is 3.41. The highest BCUT2D eigenvalue weighted by Gasteiger charge is 2.13. The zero-order chi connectivity index (χ0) is 17.2. The van der Waals surface area contributed by atoms with Crippen LogP contribution in [0, 0.1) is 0 Å². The quantitative estimate of drug-likeness (QED) is 0.611. The molecule has 25 heavy (non-hydrogen) atoms. The van der Waals surface area contributed by atoms with Gasteiger partial charge in [-0.25, -0.2) is 4.68 Å². The molecule has 2 heterocycles. The molecule has 2 aromatic heterocycles. The fourth-order valence-corrected chi connectivity index (χ4v) is 3.50. The molecule has 2 aromatic carbocycles. The van der Waals surface area contributed by atoms with Gasteiger partial charge in [-0.3, -0.25) is 4.79 Å². The number of hydrogen-bond donors (Lipinski definition) is 1. The molecule has 0 bridgehead atoms. The van der Waals surface area contributed by atoms with E-state index >= 15 is 0 Å². The molecule has 1 atom stereocenters. The number of para-hydroxylation sites is 1. The Balaban J connectivity index is 1.59. The lowest BCUT2D eigenvalue weighted by atomic mass is 10.2. The molecule has 4 aromatic rings. The first-order valence-electron chi connectivity index (χ1n) is 7.85. The van der Waals surface area contributed by atoms with Gasteiger partial charge in [-0.1, -0.05) is 46.9 Å². The van der Waals surface area contributed by atoms with Crippen LogP contribution in [0.4, 0.5) is 5.13 Å². The molecule has 1 N–H and O–H groups in total. The smallest absolute Gasteiger partial charge is 0.281 e. The van der Waals surface area contributed by atoms with E-state index in [0.717, 1.165) is 16.1 Å². The third-order valence-electron chi connectivity index (χ3n) is 3.84. The van der Waals surface area contributed by atoms with Crippen LogP contribution in [0.3, 0.4) is 0 Å². The molecular weight excluding hydrogens is 334 g/mol. The maximum atomic E-state index is 12.1. The second-order valence-corrected chi connectivity index (χ2v) is 6.64. The third-order valence-corrected chi connectivity index (χ3v) is 4.82. The summed E-state index contributed by atoms with van der Waals surface area (Å²) in [4.78, 5) is 16.3. The molecule has 0 aliphatic heterocycles. The number of fused-ring (bicyclic) bond motifs is 1. The largest absolute Gasteiger partial charge is 0.353 e. The van der Waals surface area contributed by atoms with E-state index in [9.17, 15) is 4.79 Å². The van der Waals surface area contributed by atoms with E-state index in [1.165, 1.54) is 11.3 Å². The summed E-state index contributed by atoms with van der Waals surface area (Å²) >= 11 is 1.45. The van der Waals surface area contributed by atoms with Crippen molar-refractivity contribution in [2.75, 3.05) is 5.32 Å². The van der Waals surface area contributed by atoms with Gasteiger partial charge in [0.1, 0.15) is 5.69 Å². The lowest BCUT2D eigenvalue weighted by Crippen LogP contribution is -2.12. The number of aromatic nitrogens is 4. The van der Waals surface area contributed by atoms with Crippen molar-refractivity contribution in [3.05, 3.63) is 76.8 Å². The Hall–Kier alpha value is -3.06. The molecule has 4 rings (SSSR count). The predicted molar refractivity (Wildman–Crippen MR) is 99.3 cm³/mol. The van der Waals surface area contributed by atoms with E-state index in [1.807, 2.05) is 61.7 Å². The zero-order valence-corrected chi connectivity index (χ0v) is 14.3. The van der Waals surface area contributed by atoms with Crippen molar-refractivity contribution in [2.24, 2.45) is 0 Å². The van der Waals surface area contributed by atoms with E-state index in [-0.39, 0.29) is 11.6 Å². The van der Waals surface area contributed by atoms with Crippen LogP contribution in [-0.2, 0) is 0 Å². The number of anilines is 1. The molecule has 0 spiro atoms. The second-order valence-electron chi connectivity index (χ2n) is 5.61. The highest BCUT2D eigenvalue weighted by atomic mass is 32.1. The number of nitrogens with one attached hydrogen (secondary N) is 1. The lowest BCUT2D eigenvalue weighted by molar-refractivity contribution is 0.780. The SMILES string of the molecule is CC(Nc1nc(=O)c2ccccc2s1)c1cn(-c2ccccc2)nn1. The molecule has 7 heteroatoms. The normalized spacial score (nSPS) is 12.2. The fourth-order valence-electron chi connectivity index (χ4n) is 2.51. The first kappa shape index (κ1) is 15.5. The average molecular weight is 349 g/mol. The summed E-state index contributed by atoms with van der Waals surface area (Å²) in [6.07, 6.45) is 1.87. The molecular formula is C18H15N5OS. The highest BCUT2D eigenvalue weighted by Crippen LogP contribution is 2.24. The monoisotopic (exact) mass is 349 g/mol. The van der Waals surface area contributed by atoms with Crippen molar-refractivity contribution in [3.8, 4) is 5.69 Å². The Morgan fingerprint density at radius 2 is 1.84 bits per heavy atom. The van der Waals surface area contributed by atoms with Crippen LogP contribution in [0.2, 0.25) is 0 Å². The summed E-state index contributed by atoms with van der Waals surface area (Å²) in [6, 6.07) is 17.1. The molecule has 6 nitrogen and oxygen atoms in total. The summed E-state index contributed by atoms with van der Waals surface area (Å²) in [5, 5.41) is 12.8. The van der Waals surface area contributed by atoms with Crippen LogP contribution in [-0.4, -0.2) is 20.0 Å². The fraction of sp³-hybridized carbons (Fsp3) is 0.111. The Kier molecular flexibility index (Phi) is 3.99. The first-order chi connectivity index (χ1) is 12.2. The van der Waals surface area contributed by atoms with Crippen LogP contribution in [0.1, 0.15) is 18.7 Å². The van der Waals surface area contributed by atoms with Crippen molar-refractivity contribution in [2.45, 2.75) is 13.0 Å². The number of nitrogens with zero attached hydrogens (tertiary/aromatic N) is 4. The van der Waals surface area contributed by atoms with Gasteiger partial charge < -0.3 is 5.32 Å². The standard InChI is InChI=1S/C18H15N5OS/c1-12(15-11-23(22-21-15)13-7-3-2-4-8-13)19-18-20-17(24)14-9-5-6-10-16(14)25-18/h2-12H,1H3,(H,19,20,24). The molecule has 0 fully saturated rings. The van der Waals surface area contributed by atoms with Gasteiger partial charge in [-0.15, -0.1) is 5.10 Å². The number of rotatable bonds is 4. The molecule has 1 unspecified atom stereocenters. The van der Waals surface area contributed by atoms with Crippen molar-refractivity contribution >= 4 is 26.6 Å². The summed E-state index contributed by atoms with van der Waals surface area (Å²) in [5.41, 5.74) is 1.50. The Labute approximate surface area is 147 Å². The molecule has 124 valence electrons. The zero-order valence-electron chi connectivity index (χ0n) is 13.5. The first-order valence-corrected chi connectivity index (χ1v) is 8.66. The summed E-state index contributed by atoms with van der Waals surface area (Å²) in [6.45, 7) is 1.97. The van der Waals surface area contributed by atoms with Gasteiger partial charge in [0.2, 0.25) is 0 Å². The van der Waals surface area contributed by atoms with Crippen LogP contribution >= 0.6 is 11.3 Å². The minimum Gasteiger partial charge on any atom is -0.353 e. The van der Waals surface area contributed by atoms with Gasteiger partial charge in [-0.2, -0.15) is 4.98 Å². The number of hydrogen-bond acceptors (Lipinski definition) is 6. The van der Waals surface area contributed by atoms with Gasteiger partial charge in [0, 0.05) is 4.70 Å². The van der Waals surface area contributed by atoms with Gasteiger partial charge in [0.25, 0.3) is 5.56 Å². The van der Waals surface area contributed by atoms with Crippen molar-refractivity contribution in [1.29, 1.82) is 0 Å². The van der Waals surface area contributed by atoms with Crippen LogP contribution in [0.5, 0.6) is 0 Å². The number of benzene rings is 2. The molecule has 0 aliphatic carbocycles. The molecule has 0 saturated heterocycles. The summed E-state index contributed by atoms with van der Waals surface area (Å²) in [7, 11) is 0. The third kappa shape index (κ3) is 3.14. The van der Waals surface area contributed by atoms with Crippen molar-refractivity contribution in [3.63, 3.8) is 0 Å². The van der Waals surface area contributed by atoms with E-state index in [0.29, 0.717) is 10.5 Å². The molecule has 0 radical (unpaired) electrons. The Bertz CT molecular complexity index is 1070. The van der Waals surface area contributed by atoms with Gasteiger partial charge >= 0.3 is 0 Å². The van der Waals surface area contributed by atoms with E-state index < -0.39 is 0 Å². The van der Waals surface area contributed by atoms with E-state index in [2.05, 4.69) is 20.6 Å². The van der Waals surface area contributed by atoms with Crippen LogP contribution < -0.4 is 10.9 Å². The minimum absolute atomic E-state index is 0.123. The molecule has 0 amide bonds. The lowest BCUT2D eigenvalue weighted by Gasteiger charge is -2.10. The molecule has 0 saturated carbocycles. The van der Waals surface area contributed by atoms with Gasteiger partial charge in [0.15, 0.2) is 5.13 Å². The van der Waals surface area contributed by atoms with Crippen LogP contribution in [0.15, 0.2) is 65.6 Å². The van der Waals surface area contributed by atoms with Gasteiger partial charge in [-0.05, 0) is 31.2 Å². The summed E-state index contributed by atoms with van der Waals surface area (Å²) in [5.74, 6) is 0. The molecule has 0 aliphatic rings. The maximum Gasteiger partial charge on any atom is 0.281 e. The average Bonchev–Trinajstić information content (AvgIpc) is 3.13.